The molecule has 0 N–H and O–H groups in total. The molecule has 0 aromatic carbocycles. The normalized spacial score (nSPS) is 10.1. The Morgan fingerprint density at radius 3 is 2.73 bits per heavy atom. The van der Waals surface area contributed by atoms with Crippen molar-refractivity contribution in [3.63, 3.8) is 0 Å². The zero-order valence-electron chi connectivity index (χ0n) is 8.42. The van der Waals surface area contributed by atoms with Gasteiger partial charge in [-0.2, -0.15) is 5.26 Å². The minimum atomic E-state index is -2.63. The number of methoxy groups -OCH3 is 1. The van der Waals surface area contributed by atoms with Gasteiger partial charge in [0, 0.05) is 5.56 Å². The molecule has 0 unspecified atom stereocenters. The standard InChI is InChI=1S/C10H10F2N2O/c1-6-5-8(9(11)12)14-10(15-2)7(6)3-4-13/h5,9H,3H2,1-2H3. The van der Waals surface area contributed by atoms with E-state index in [4.69, 9.17) is 10.00 Å². The number of rotatable bonds is 3. The summed E-state index contributed by atoms with van der Waals surface area (Å²) in [6, 6.07) is 3.22. The third-order valence-electron chi connectivity index (χ3n) is 2.00. The van der Waals surface area contributed by atoms with Crippen LogP contribution in [-0.4, -0.2) is 12.1 Å². The zero-order valence-corrected chi connectivity index (χ0v) is 8.42. The number of alkyl halides is 2. The molecule has 0 aliphatic carbocycles. The largest absolute Gasteiger partial charge is 0.481 e. The first kappa shape index (κ1) is 11.4. The molecule has 1 rings (SSSR count). The van der Waals surface area contributed by atoms with Crippen LogP contribution < -0.4 is 4.74 Å². The highest BCUT2D eigenvalue weighted by Crippen LogP contribution is 2.26. The Kier molecular flexibility index (Phi) is 3.56. The summed E-state index contributed by atoms with van der Waals surface area (Å²) in [5.41, 5.74) is 0.828. The predicted molar refractivity (Wildman–Crippen MR) is 49.8 cm³/mol. The number of aromatic nitrogens is 1. The third kappa shape index (κ3) is 2.40. The Hall–Kier alpha value is -1.70. The molecule has 0 aliphatic heterocycles. The van der Waals surface area contributed by atoms with Crippen molar-refractivity contribution in [2.75, 3.05) is 7.11 Å². The van der Waals surface area contributed by atoms with Crippen LogP contribution in [0.15, 0.2) is 6.07 Å². The molecule has 15 heavy (non-hydrogen) atoms. The highest BCUT2D eigenvalue weighted by Gasteiger charge is 2.15. The Morgan fingerprint density at radius 2 is 2.27 bits per heavy atom. The molecule has 5 heteroatoms. The van der Waals surface area contributed by atoms with Gasteiger partial charge < -0.3 is 4.74 Å². The van der Waals surface area contributed by atoms with Crippen LogP contribution in [0.1, 0.15) is 23.2 Å². The summed E-state index contributed by atoms with van der Waals surface area (Å²) in [5.74, 6) is 0.104. The summed E-state index contributed by atoms with van der Waals surface area (Å²) >= 11 is 0. The molecule has 3 nitrogen and oxygen atoms in total. The molecule has 0 saturated carbocycles. The van der Waals surface area contributed by atoms with E-state index in [1.807, 2.05) is 6.07 Å². The van der Waals surface area contributed by atoms with Crippen molar-refractivity contribution in [3.05, 3.63) is 22.9 Å². The second-order valence-corrected chi connectivity index (χ2v) is 2.99. The van der Waals surface area contributed by atoms with Crippen molar-refractivity contribution in [1.29, 1.82) is 5.26 Å². The summed E-state index contributed by atoms with van der Waals surface area (Å²) in [6.07, 6.45) is -2.53. The lowest BCUT2D eigenvalue weighted by molar-refractivity contribution is 0.145. The van der Waals surface area contributed by atoms with Crippen molar-refractivity contribution >= 4 is 0 Å². The lowest BCUT2D eigenvalue weighted by Crippen LogP contribution is -2.01. The fourth-order valence-corrected chi connectivity index (χ4v) is 1.27. The molecule has 0 aliphatic rings. The van der Waals surface area contributed by atoms with Crippen molar-refractivity contribution in [2.24, 2.45) is 0 Å². The first-order valence-electron chi connectivity index (χ1n) is 4.29. The van der Waals surface area contributed by atoms with E-state index < -0.39 is 6.43 Å². The number of halogens is 2. The fourth-order valence-electron chi connectivity index (χ4n) is 1.27. The summed E-state index contributed by atoms with van der Waals surface area (Å²) < 4.78 is 29.7. The molecular weight excluding hydrogens is 202 g/mol. The number of nitrogens with zero attached hydrogens (tertiary/aromatic N) is 2. The Balaban J connectivity index is 3.25. The lowest BCUT2D eigenvalue weighted by Gasteiger charge is -2.10. The van der Waals surface area contributed by atoms with Gasteiger partial charge >= 0.3 is 0 Å². The monoisotopic (exact) mass is 212 g/mol. The maximum absolute atomic E-state index is 12.4. The summed E-state index contributed by atoms with van der Waals surface area (Å²) in [6.45, 7) is 1.66. The van der Waals surface area contributed by atoms with Gasteiger partial charge in [0.2, 0.25) is 5.88 Å². The lowest BCUT2D eigenvalue weighted by atomic mass is 10.1. The molecule has 80 valence electrons. The topological polar surface area (TPSA) is 45.9 Å². The van der Waals surface area contributed by atoms with Crippen molar-refractivity contribution in [3.8, 4) is 11.9 Å². The molecule has 1 aromatic rings. The van der Waals surface area contributed by atoms with Gasteiger partial charge in [0.15, 0.2) is 0 Å². The molecule has 0 spiro atoms. The minimum absolute atomic E-state index is 0.103. The van der Waals surface area contributed by atoms with E-state index in [1.165, 1.54) is 13.2 Å². The summed E-state index contributed by atoms with van der Waals surface area (Å²) in [4.78, 5) is 3.65. The average molecular weight is 212 g/mol. The van der Waals surface area contributed by atoms with Crippen LogP contribution in [-0.2, 0) is 6.42 Å². The molecule has 0 radical (unpaired) electrons. The van der Waals surface area contributed by atoms with Crippen LogP contribution in [0.2, 0.25) is 0 Å². The molecule has 0 saturated heterocycles. The molecule has 0 atom stereocenters. The second-order valence-electron chi connectivity index (χ2n) is 2.99. The average Bonchev–Trinajstić information content (AvgIpc) is 2.20. The Bertz CT molecular complexity index is 399. The highest BCUT2D eigenvalue weighted by molar-refractivity contribution is 5.38. The highest BCUT2D eigenvalue weighted by atomic mass is 19.3. The van der Waals surface area contributed by atoms with Crippen molar-refractivity contribution in [1.82, 2.24) is 4.98 Å². The van der Waals surface area contributed by atoms with Gasteiger partial charge in [-0.25, -0.2) is 13.8 Å². The quantitative estimate of drug-likeness (QED) is 0.772. The summed E-state index contributed by atoms with van der Waals surface area (Å²) in [7, 11) is 1.35. The van der Waals surface area contributed by atoms with Gasteiger partial charge in [0.1, 0.15) is 5.69 Å². The number of aryl methyl sites for hydroxylation is 1. The van der Waals surface area contributed by atoms with E-state index >= 15 is 0 Å². The third-order valence-corrected chi connectivity index (χ3v) is 2.00. The zero-order chi connectivity index (χ0) is 11.4. The van der Waals surface area contributed by atoms with Gasteiger partial charge in [-0.3, -0.25) is 0 Å². The minimum Gasteiger partial charge on any atom is -0.481 e. The first-order chi connectivity index (χ1) is 7.10. The maximum Gasteiger partial charge on any atom is 0.280 e. The fraction of sp³-hybridized carbons (Fsp3) is 0.400. The Morgan fingerprint density at radius 1 is 1.60 bits per heavy atom. The SMILES string of the molecule is COc1nc(C(F)F)cc(C)c1CC#N. The second kappa shape index (κ2) is 4.69. The predicted octanol–water partition coefficient (Wildman–Crippen LogP) is 2.40. The van der Waals surface area contributed by atoms with Crippen LogP contribution in [0.5, 0.6) is 5.88 Å². The van der Waals surface area contributed by atoms with Crippen LogP contribution >= 0.6 is 0 Å². The molecule has 0 amide bonds. The molecule has 0 bridgehead atoms. The smallest absolute Gasteiger partial charge is 0.280 e. The van der Waals surface area contributed by atoms with Crippen LogP contribution in [0.25, 0.3) is 0 Å². The van der Waals surface area contributed by atoms with Crippen molar-refractivity contribution in [2.45, 2.75) is 19.8 Å². The van der Waals surface area contributed by atoms with Crippen LogP contribution in [0.4, 0.5) is 8.78 Å². The van der Waals surface area contributed by atoms with E-state index in [-0.39, 0.29) is 18.0 Å². The summed E-state index contributed by atoms with van der Waals surface area (Å²) in [5, 5.41) is 8.56. The van der Waals surface area contributed by atoms with E-state index in [0.717, 1.165) is 0 Å². The van der Waals surface area contributed by atoms with Gasteiger partial charge in [-0.1, -0.05) is 0 Å². The molecule has 0 fully saturated rings. The number of hydrogen-bond acceptors (Lipinski definition) is 3. The number of hydrogen-bond donors (Lipinski definition) is 0. The first-order valence-corrected chi connectivity index (χ1v) is 4.29. The number of ether oxygens (including phenoxy) is 1. The van der Waals surface area contributed by atoms with Gasteiger partial charge in [0.05, 0.1) is 19.6 Å². The van der Waals surface area contributed by atoms with E-state index in [2.05, 4.69) is 4.98 Å². The van der Waals surface area contributed by atoms with Crippen molar-refractivity contribution < 1.29 is 13.5 Å². The molecule has 1 heterocycles. The molecular formula is C10H10F2N2O. The Labute approximate surface area is 86.3 Å². The van der Waals surface area contributed by atoms with E-state index in [1.54, 1.807) is 6.92 Å². The number of pyridine rings is 1. The van der Waals surface area contributed by atoms with Gasteiger partial charge in [-0.15, -0.1) is 0 Å². The number of nitriles is 1. The van der Waals surface area contributed by atoms with Crippen LogP contribution in [0.3, 0.4) is 0 Å². The van der Waals surface area contributed by atoms with E-state index in [9.17, 15) is 8.78 Å². The van der Waals surface area contributed by atoms with Crippen LogP contribution in [0, 0.1) is 18.3 Å². The van der Waals surface area contributed by atoms with Gasteiger partial charge in [0.25, 0.3) is 6.43 Å². The molecule has 1 aromatic heterocycles. The van der Waals surface area contributed by atoms with E-state index in [0.29, 0.717) is 11.1 Å². The maximum atomic E-state index is 12.4. The van der Waals surface area contributed by atoms with Gasteiger partial charge in [-0.05, 0) is 18.6 Å².